The van der Waals surface area contributed by atoms with Crippen molar-refractivity contribution in [2.24, 2.45) is 0 Å². The Morgan fingerprint density at radius 3 is 2.67 bits per heavy atom. The maximum Gasteiger partial charge on any atom is 0.170 e. The second-order valence-corrected chi connectivity index (χ2v) is 5.79. The van der Waals surface area contributed by atoms with Gasteiger partial charge < -0.3 is 9.73 Å². The molecule has 0 aliphatic rings. The lowest BCUT2D eigenvalue weighted by molar-refractivity contribution is 0.258. The van der Waals surface area contributed by atoms with Crippen molar-refractivity contribution >= 4 is 11.0 Å². The molecular formula is C15H20FNO. The van der Waals surface area contributed by atoms with Crippen LogP contribution in [0.5, 0.6) is 0 Å². The van der Waals surface area contributed by atoms with Gasteiger partial charge in [-0.1, -0.05) is 11.6 Å². The quantitative estimate of drug-likeness (QED) is 0.884. The van der Waals surface area contributed by atoms with E-state index < -0.39 is 6.17 Å². The monoisotopic (exact) mass is 249 g/mol. The predicted octanol–water partition coefficient (Wildman–Crippen LogP) is 4.14. The summed E-state index contributed by atoms with van der Waals surface area (Å²) in [6.45, 7) is 8.33. The predicted molar refractivity (Wildman–Crippen MR) is 72.6 cm³/mol. The Labute approximate surface area is 107 Å². The van der Waals surface area contributed by atoms with Gasteiger partial charge in [-0.25, -0.2) is 4.39 Å². The summed E-state index contributed by atoms with van der Waals surface area (Å²) in [4.78, 5) is 0. The number of hydrogen-bond acceptors (Lipinski definition) is 2. The van der Waals surface area contributed by atoms with E-state index in [2.05, 4.69) is 5.32 Å². The van der Waals surface area contributed by atoms with Gasteiger partial charge in [-0.05, 0) is 45.9 Å². The lowest BCUT2D eigenvalue weighted by atomic mass is 10.1. The van der Waals surface area contributed by atoms with E-state index in [0.717, 1.165) is 16.5 Å². The van der Waals surface area contributed by atoms with Crippen molar-refractivity contribution < 1.29 is 8.81 Å². The summed E-state index contributed by atoms with van der Waals surface area (Å²) in [5.41, 5.74) is 1.81. The van der Waals surface area contributed by atoms with Gasteiger partial charge in [0.25, 0.3) is 0 Å². The molecule has 0 spiro atoms. The number of alkyl halides is 1. The summed E-state index contributed by atoms with van der Waals surface area (Å²) in [6.07, 6.45) is -1.11. The number of nitrogens with one attached hydrogen (secondary N) is 1. The van der Waals surface area contributed by atoms with E-state index in [1.54, 1.807) is 6.07 Å². The second-order valence-electron chi connectivity index (χ2n) is 5.79. The van der Waals surface area contributed by atoms with E-state index in [1.165, 1.54) is 0 Å². The van der Waals surface area contributed by atoms with E-state index in [-0.39, 0.29) is 12.1 Å². The van der Waals surface area contributed by atoms with Gasteiger partial charge in [0, 0.05) is 17.5 Å². The average molecular weight is 249 g/mol. The molecule has 1 aromatic heterocycles. The van der Waals surface area contributed by atoms with Crippen molar-refractivity contribution in [1.29, 1.82) is 0 Å². The molecule has 1 N–H and O–H groups in total. The summed E-state index contributed by atoms with van der Waals surface area (Å²) in [6, 6.07) is 7.65. The van der Waals surface area contributed by atoms with Crippen LogP contribution in [0.15, 0.2) is 28.7 Å². The highest BCUT2D eigenvalue weighted by molar-refractivity contribution is 5.78. The SMILES string of the molecule is Cc1ccc2oc(C(F)CNC(C)(C)C)cc2c1. The molecule has 1 atom stereocenters. The van der Waals surface area contributed by atoms with E-state index in [4.69, 9.17) is 4.42 Å². The topological polar surface area (TPSA) is 25.2 Å². The fraction of sp³-hybridized carbons (Fsp3) is 0.467. The minimum Gasteiger partial charge on any atom is -0.458 e. The number of fused-ring (bicyclic) bond motifs is 1. The molecule has 0 saturated heterocycles. The molecule has 98 valence electrons. The van der Waals surface area contributed by atoms with Crippen LogP contribution in [0.4, 0.5) is 4.39 Å². The van der Waals surface area contributed by atoms with E-state index in [9.17, 15) is 4.39 Å². The molecule has 0 bridgehead atoms. The summed E-state index contributed by atoms with van der Waals surface area (Å²) in [7, 11) is 0. The first-order chi connectivity index (χ1) is 8.35. The Morgan fingerprint density at radius 2 is 2.00 bits per heavy atom. The van der Waals surface area contributed by atoms with Gasteiger partial charge in [-0.15, -0.1) is 0 Å². The maximum atomic E-state index is 14.0. The molecule has 2 nitrogen and oxygen atoms in total. The molecule has 0 aliphatic carbocycles. The first-order valence-corrected chi connectivity index (χ1v) is 6.24. The van der Waals surface area contributed by atoms with Crippen molar-refractivity contribution in [3.8, 4) is 0 Å². The zero-order valence-corrected chi connectivity index (χ0v) is 11.4. The van der Waals surface area contributed by atoms with Crippen molar-refractivity contribution in [1.82, 2.24) is 5.32 Å². The fourth-order valence-electron chi connectivity index (χ4n) is 1.83. The molecule has 1 heterocycles. The lowest BCUT2D eigenvalue weighted by Crippen LogP contribution is -2.37. The highest BCUT2D eigenvalue weighted by Gasteiger charge is 2.18. The summed E-state index contributed by atoms with van der Waals surface area (Å²) >= 11 is 0. The molecule has 0 aliphatic heterocycles. The number of hydrogen-bond donors (Lipinski definition) is 1. The minimum atomic E-state index is -1.11. The largest absolute Gasteiger partial charge is 0.458 e. The van der Waals surface area contributed by atoms with Gasteiger partial charge in [-0.3, -0.25) is 0 Å². The number of benzene rings is 1. The Morgan fingerprint density at radius 1 is 1.28 bits per heavy atom. The second kappa shape index (κ2) is 4.73. The molecule has 2 rings (SSSR count). The molecule has 0 saturated carbocycles. The molecular weight excluding hydrogens is 229 g/mol. The first kappa shape index (κ1) is 13.1. The van der Waals surface area contributed by atoms with E-state index in [0.29, 0.717) is 5.76 Å². The normalized spacial score (nSPS) is 14.1. The minimum absolute atomic E-state index is 0.0903. The van der Waals surface area contributed by atoms with Crippen molar-refractivity contribution in [2.75, 3.05) is 6.54 Å². The van der Waals surface area contributed by atoms with Crippen LogP contribution in [0.2, 0.25) is 0 Å². The van der Waals surface area contributed by atoms with E-state index >= 15 is 0 Å². The third-order valence-electron chi connectivity index (χ3n) is 2.81. The van der Waals surface area contributed by atoms with Crippen molar-refractivity contribution in [3.63, 3.8) is 0 Å². The van der Waals surface area contributed by atoms with Gasteiger partial charge in [0.2, 0.25) is 0 Å². The van der Waals surface area contributed by atoms with Crippen molar-refractivity contribution in [3.05, 3.63) is 35.6 Å². The number of halogens is 1. The smallest absolute Gasteiger partial charge is 0.170 e. The van der Waals surface area contributed by atoms with Crippen LogP contribution in [0.3, 0.4) is 0 Å². The first-order valence-electron chi connectivity index (χ1n) is 6.24. The molecule has 2 aromatic rings. The van der Waals surface area contributed by atoms with Crippen LogP contribution in [0.1, 0.15) is 38.3 Å². The Hall–Kier alpha value is -1.35. The van der Waals surface area contributed by atoms with Gasteiger partial charge in [-0.2, -0.15) is 0 Å². The van der Waals surface area contributed by atoms with Crippen LogP contribution in [-0.4, -0.2) is 12.1 Å². The molecule has 1 aromatic carbocycles. The van der Waals surface area contributed by atoms with Crippen LogP contribution >= 0.6 is 0 Å². The van der Waals surface area contributed by atoms with Gasteiger partial charge in [0.05, 0.1) is 0 Å². The summed E-state index contributed by atoms with van der Waals surface area (Å²) in [5.74, 6) is 0.396. The van der Waals surface area contributed by atoms with E-state index in [1.807, 2.05) is 45.9 Å². The molecule has 18 heavy (non-hydrogen) atoms. The third-order valence-corrected chi connectivity index (χ3v) is 2.81. The summed E-state index contributed by atoms with van der Waals surface area (Å²) < 4.78 is 19.6. The highest BCUT2D eigenvalue weighted by Crippen LogP contribution is 2.26. The number of rotatable bonds is 3. The molecule has 0 radical (unpaired) electrons. The lowest BCUT2D eigenvalue weighted by Gasteiger charge is -2.21. The van der Waals surface area contributed by atoms with Gasteiger partial charge >= 0.3 is 0 Å². The van der Waals surface area contributed by atoms with Crippen molar-refractivity contribution in [2.45, 2.75) is 39.4 Å². The van der Waals surface area contributed by atoms with Gasteiger partial charge in [0.1, 0.15) is 11.3 Å². The Bertz CT molecular complexity index is 539. The standard InChI is InChI=1S/C15H20FNO/c1-10-5-6-13-11(7-10)8-14(18-13)12(16)9-17-15(2,3)4/h5-8,12,17H,9H2,1-4H3. The molecule has 3 heteroatoms. The zero-order chi connectivity index (χ0) is 13.3. The Balaban J connectivity index is 2.15. The Kier molecular flexibility index (Phi) is 3.44. The van der Waals surface area contributed by atoms with Gasteiger partial charge in [0.15, 0.2) is 6.17 Å². The number of aryl methyl sites for hydroxylation is 1. The third kappa shape index (κ3) is 3.10. The summed E-state index contributed by atoms with van der Waals surface area (Å²) in [5, 5.41) is 4.10. The van der Waals surface area contributed by atoms with Crippen LogP contribution in [0, 0.1) is 6.92 Å². The molecule has 0 fully saturated rings. The molecule has 1 unspecified atom stereocenters. The zero-order valence-electron chi connectivity index (χ0n) is 11.4. The molecule has 0 amide bonds. The average Bonchev–Trinajstić information content (AvgIpc) is 2.67. The fourth-order valence-corrected chi connectivity index (χ4v) is 1.83. The highest BCUT2D eigenvalue weighted by atomic mass is 19.1. The van der Waals surface area contributed by atoms with Crippen LogP contribution in [0.25, 0.3) is 11.0 Å². The van der Waals surface area contributed by atoms with Crippen LogP contribution < -0.4 is 5.32 Å². The number of furan rings is 1. The van der Waals surface area contributed by atoms with Crippen LogP contribution in [-0.2, 0) is 0 Å². The maximum absolute atomic E-state index is 14.0.